The molecule has 0 spiro atoms. The van der Waals surface area contributed by atoms with E-state index < -0.39 is 0 Å². The summed E-state index contributed by atoms with van der Waals surface area (Å²) in [6.45, 7) is 6.56. The van der Waals surface area contributed by atoms with Crippen LogP contribution in [-0.2, 0) is 11.2 Å². The van der Waals surface area contributed by atoms with Crippen LogP contribution in [0, 0.1) is 0 Å². The first-order valence-corrected chi connectivity index (χ1v) is 10.3. The van der Waals surface area contributed by atoms with Gasteiger partial charge in [0.05, 0.1) is 10.6 Å². The van der Waals surface area contributed by atoms with E-state index in [1.807, 2.05) is 29.6 Å². The van der Waals surface area contributed by atoms with Crippen molar-refractivity contribution in [3.05, 3.63) is 53.2 Å². The van der Waals surface area contributed by atoms with Crippen LogP contribution in [0.2, 0.25) is 0 Å². The molecule has 4 aromatic rings. The van der Waals surface area contributed by atoms with E-state index >= 15 is 0 Å². The SMILES string of the molecule is CC(C)(C)c1ccc(-c2noc(CSc3nnc(-c4cccs4)o3)n2)cc1. The Morgan fingerprint density at radius 2 is 1.89 bits per heavy atom. The molecule has 0 aliphatic rings. The van der Waals surface area contributed by atoms with Crippen LogP contribution in [0.15, 0.2) is 55.9 Å². The highest BCUT2D eigenvalue weighted by Gasteiger charge is 2.16. The third-order valence-electron chi connectivity index (χ3n) is 3.93. The lowest BCUT2D eigenvalue weighted by atomic mass is 9.87. The van der Waals surface area contributed by atoms with Crippen LogP contribution in [0.3, 0.4) is 0 Å². The molecule has 3 aromatic heterocycles. The van der Waals surface area contributed by atoms with Crippen LogP contribution < -0.4 is 0 Å². The van der Waals surface area contributed by atoms with Crippen molar-refractivity contribution < 1.29 is 8.94 Å². The maximum atomic E-state index is 5.65. The van der Waals surface area contributed by atoms with Gasteiger partial charge in [-0.05, 0) is 22.4 Å². The second-order valence-electron chi connectivity index (χ2n) is 6.98. The van der Waals surface area contributed by atoms with Crippen LogP contribution in [0.1, 0.15) is 32.2 Å². The predicted molar refractivity (Wildman–Crippen MR) is 106 cm³/mol. The maximum Gasteiger partial charge on any atom is 0.277 e. The molecular weight excluding hydrogens is 380 g/mol. The lowest BCUT2D eigenvalue weighted by molar-refractivity contribution is 0.391. The summed E-state index contributed by atoms with van der Waals surface area (Å²) < 4.78 is 11.0. The van der Waals surface area contributed by atoms with E-state index in [1.165, 1.54) is 17.3 Å². The van der Waals surface area contributed by atoms with Gasteiger partial charge in [0.2, 0.25) is 11.7 Å². The van der Waals surface area contributed by atoms with Crippen molar-refractivity contribution in [2.45, 2.75) is 37.2 Å². The summed E-state index contributed by atoms with van der Waals surface area (Å²) in [7, 11) is 0. The maximum absolute atomic E-state index is 5.65. The number of rotatable bonds is 5. The molecule has 3 heterocycles. The average molecular weight is 399 g/mol. The topological polar surface area (TPSA) is 77.8 Å². The van der Waals surface area contributed by atoms with Crippen LogP contribution in [-0.4, -0.2) is 20.3 Å². The molecule has 4 rings (SSSR count). The van der Waals surface area contributed by atoms with Gasteiger partial charge in [0.1, 0.15) is 0 Å². The molecule has 8 heteroatoms. The minimum atomic E-state index is 0.115. The number of aromatic nitrogens is 4. The zero-order valence-corrected chi connectivity index (χ0v) is 16.8. The molecule has 0 saturated heterocycles. The summed E-state index contributed by atoms with van der Waals surface area (Å²) >= 11 is 2.93. The van der Waals surface area contributed by atoms with Crippen molar-refractivity contribution in [3.8, 4) is 22.2 Å². The first-order chi connectivity index (χ1) is 13.0. The molecule has 1 aromatic carbocycles. The molecule has 27 heavy (non-hydrogen) atoms. The van der Waals surface area contributed by atoms with Crippen molar-refractivity contribution in [1.82, 2.24) is 20.3 Å². The molecule has 0 fully saturated rings. The third-order valence-corrected chi connectivity index (χ3v) is 5.60. The minimum absolute atomic E-state index is 0.115. The molecule has 138 valence electrons. The van der Waals surface area contributed by atoms with Gasteiger partial charge in [-0.25, -0.2) is 0 Å². The fraction of sp³-hybridized carbons (Fsp3) is 0.263. The van der Waals surface area contributed by atoms with E-state index in [4.69, 9.17) is 8.94 Å². The first-order valence-electron chi connectivity index (χ1n) is 8.43. The number of benzene rings is 1. The Hall–Kier alpha value is -2.45. The molecule has 0 bridgehead atoms. The molecule has 0 aliphatic heterocycles. The summed E-state index contributed by atoms with van der Waals surface area (Å²) in [6, 6.07) is 12.1. The molecule has 0 atom stereocenters. The lowest BCUT2D eigenvalue weighted by Crippen LogP contribution is -2.10. The van der Waals surface area contributed by atoms with Crippen LogP contribution >= 0.6 is 23.1 Å². The Balaban J connectivity index is 1.41. The second kappa shape index (κ2) is 7.28. The van der Waals surface area contributed by atoms with E-state index in [2.05, 4.69) is 53.2 Å². The van der Waals surface area contributed by atoms with Gasteiger partial charge in [-0.15, -0.1) is 21.5 Å². The number of hydrogen-bond acceptors (Lipinski definition) is 8. The van der Waals surface area contributed by atoms with Gasteiger partial charge in [0, 0.05) is 5.56 Å². The number of nitrogens with zero attached hydrogens (tertiary/aromatic N) is 4. The summed E-state index contributed by atoms with van der Waals surface area (Å²) in [4.78, 5) is 5.41. The molecule has 0 amide bonds. The Labute approximate surface area is 165 Å². The molecular formula is C19H18N4O2S2. The van der Waals surface area contributed by atoms with Crippen LogP contribution in [0.25, 0.3) is 22.2 Å². The van der Waals surface area contributed by atoms with Gasteiger partial charge in [0.15, 0.2) is 0 Å². The molecule has 0 saturated carbocycles. The first kappa shape index (κ1) is 17.9. The monoisotopic (exact) mass is 398 g/mol. The van der Waals surface area contributed by atoms with Crippen molar-refractivity contribution in [2.24, 2.45) is 0 Å². The Bertz CT molecular complexity index is 1010. The summed E-state index contributed by atoms with van der Waals surface area (Å²) in [5, 5.41) is 14.6. The fourth-order valence-electron chi connectivity index (χ4n) is 2.44. The summed E-state index contributed by atoms with van der Waals surface area (Å²) in [5.41, 5.74) is 2.31. The Kier molecular flexibility index (Phi) is 4.84. The molecule has 6 nitrogen and oxygen atoms in total. The van der Waals surface area contributed by atoms with Crippen LogP contribution in [0.4, 0.5) is 0 Å². The zero-order chi connectivity index (χ0) is 18.9. The highest BCUT2D eigenvalue weighted by Crippen LogP contribution is 2.29. The highest BCUT2D eigenvalue weighted by atomic mass is 32.2. The third kappa shape index (κ3) is 4.12. The molecule has 0 N–H and O–H groups in total. The molecule has 0 unspecified atom stereocenters. The fourth-order valence-corrected chi connectivity index (χ4v) is 3.69. The standard InChI is InChI=1S/C19H18N4O2S2/c1-19(2,3)13-8-6-12(7-9-13)16-20-15(25-23-16)11-27-18-22-21-17(24-18)14-5-4-10-26-14/h4-10H,11H2,1-3H3. The Morgan fingerprint density at radius 1 is 1.07 bits per heavy atom. The van der Waals surface area contributed by atoms with Crippen molar-refractivity contribution in [1.29, 1.82) is 0 Å². The van der Waals surface area contributed by atoms with Crippen LogP contribution in [0.5, 0.6) is 0 Å². The normalized spacial score (nSPS) is 11.8. The zero-order valence-electron chi connectivity index (χ0n) is 15.2. The highest BCUT2D eigenvalue weighted by molar-refractivity contribution is 7.98. The number of hydrogen-bond donors (Lipinski definition) is 0. The van der Waals surface area contributed by atoms with Gasteiger partial charge in [0.25, 0.3) is 11.1 Å². The van der Waals surface area contributed by atoms with E-state index in [0.29, 0.717) is 28.6 Å². The smallest absolute Gasteiger partial charge is 0.277 e. The van der Waals surface area contributed by atoms with Crippen molar-refractivity contribution in [2.75, 3.05) is 0 Å². The Morgan fingerprint density at radius 3 is 2.59 bits per heavy atom. The number of thioether (sulfide) groups is 1. The second-order valence-corrected chi connectivity index (χ2v) is 8.85. The summed E-state index contributed by atoms with van der Waals surface area (Å²) in [6.07, 6.45) is 0. The predicted octanol–water partition coefficient (Wildman–Crippen LogP) is 5.44. The van der Waals surface area contributed by atoms with E-state index in [-0.39, 0.29) is 5.41 Å². The summed E-state index contributed by atoms with van der Waals surface area (Å²) in [5.74, 6) is 2.10. The van der Waals surface area contributed by atoms with Gasteiger partial charge in [-0.1, -0.05) is 68.0 Å². The average Bonchev–Trinajstić information content (AvgIpc) is 3.39. The van der Waals surface area contributed by atoms with Crippen molar-refractivity contribution in [3.63, 3.8) is 0 Å². The van der Waals surface area contributed by atoms with E-state index in [1.54, 1.807) is 11.3 Å². The largest absolute Gasteiger partial charge is 0.410 e. The lowest BCUT2D eigenvalue weighted by Gasteiger charge is -2.18. The van der Waals surface area contributed by atoms with Gasteiger partial charge < -0.3 is 8.94 Å². The quantitative estimate of drug-likeness (QED) is 0.414. The van der Waals surface area contributed by atoms with Gasteiger partial charge in [-0.2, -0.15) is 4.98 Å². The molecule has 0 radical (unpaired) electrons. The number of thiophene rings is 1. The van der Waals surface area contributed by atoms with Gasteiger partial charge in [-0.3, -0.25) is 0 Å². The molecule has 0 aliphatic carbocycles. The van der Waals surface area contributed by atoms with E-state index in [9.17, 15) is 0 Å². The van der Waals surface area contributed by atoms with Crippen molar-refractivity contribution >= 4 is 23.1 Å². The van der Waals surface area contributed by atoms with E-state index in [0.717, 1.165) is 10.4 Å². The van der Waals surface area contributed by atoms with Gasteiger partial charge >= 0.3 is 0 Å². The minimum Gasteiger partial charge on any atom is -0.410 e.